The highest BCUT2D eigenvalue weighted by Gasteiger charge is 2.09. The minimum Gasteiger partial charge on any atom is -0.396 e. The smallest absolute Gasteiger partial charge is 0.0434 e. The molecule has 3 heteroatoms. The zero-order valence-corrected chi connectivity index (χ0v) is 7.29. The Morgan fingerprint density at radius 2 is 2.09 bits per heavy atom. The Bertz CT molecular complexity index is 88.2. The molecule has 0 fully saturated rings. The third-order valence-electron chi connectivity index (χ3n) is 2.03. The van der Waals surface area contributed by atoms with Gasteiger partial charge in [0.05, 0.1) is 0 Å². The van der Waals surface area contributed by atoms with Crippen LogP contribution in [0.5, 0.6) is 0 Å². The van der Waals surface area contributed by atoms with Gasteiger partial charge in [-0.3, -0.25) is 0 Å². The summed E-state index contributed by atoms with van der Waals surface area (Å²) in [5.41, 5.74) is 11.2. The van der Waals surface area contributed by atoms with E-state index in [0.29, 0.717) is 12.5 Å². The monoisotopic (exact) mass is 160 g/mol. The second kappa shape index (κ2) is 6.58. The molecule has 0 aromatic heterocycles. The lowest BCUT2D eigenvalue weighted by molar-refractivity contribution is 0.248. The minimum atomic E-state index is 0.221. The van der Waals surface area contributed by atoms with Crippen LogP contribution in [0.4, 0.5) is 0 Å². The molecule has 0 rings (SSSR count). The number of hydrogen-bond acceptors (Lipinski definition) is 3. The molecule has 0 amide bonds. The summed E-state index contributed by atoms with van der Waals surface area (Å²) in [6.07, 6.45) is 2.71. The van der Waals surface area contributed by atoms with Crippen molar-refractivity contribution in [1.29, 1.82) is 0 Å². The molecule has 5 N–H and O–H groups in total. The Kier molecular flexibility index (Phi) is 6.51. The van der Waals surface area contributed by atoms with E-state index in [2.05, 4.69) is 6.92 Å². The van der Waals surface area contributed by atoms with Crippen LogP contribution >= 0.6 is 0 Å². The van der Waals surface area contributed by atoms with E-state index in [1.807, 2.05) is 0 Å². The highest BCUT2D eigenvalue weighted by Crippen LogP contribution is 2.09. The molecule has 2 unspecified atom stereocenters. The zero-order valence-electron chi connectivity index (χ0n) is 7.29. The average Bonchev–Trinajstić information content (AvgIpc) is 2.03. The summed E-state index contributed by atoms with van der Waals surface area (Å²) in [5, 5.41) is 8.66. The van der Waals surface area contributed by atoms with Crippen LogP contribution in [0.2, 0.25) is 0 Å². The van der Waals surface area contributed by atoms with Gasteiger partial charge in [-0.15, -0.1) is 0 Å². The Balaban J connectivity index is 3.49. The van der Waals surface area contributed by atoms with E-state index in [1.54, 1.807) is 0 Å². The molecule has 2 atom stereocenters. The lowest BCUT2D eigenvalue weighted by atomic mass is 9.96. The van der Waals surface area contributed by atoms with Crippen LogP contribution in [0.25, 0.3) is 0 Å². The first-order valence-corrected chi connectivity index (χ1v) is 4.31. The van der Waals surface area contributed by atoms with Crippen molar-refractivity contribution in [2.75, 3.05) is 13.2 Å². The maximum atomic E-state index is 8.66. The number of rotatable bonds is 6. The summed E-state index contributed by atoms with van der Waals surface area (Å²) in [7, 11) is 0. The van der Waals surface area contributed by atoms with Crippen molar-refractivity contribution < 1.29 is 5.11 Å². The van der Waals surface area contributed by atoms with Gasteiger partial charge in [-0.2, -0.15) is 0 Å². The molecule has 3 nitrogen and oxygen atoms in total. The summed E-state index contributed by atoms with van der Waals surface area (Å²) in [6.45, 7) is 2.92. The first-order valence-electron chi connectivity index (χ1n) is 4.31. The Hall–Kier alpha value is -0.120. The van der Waals surface area contributed by atoms with Crippen molar-refractivity contribution in [1.82, 2.24) is 0 Å². The van der Waals surface area contributed by atoms with E-state index in [-0.39, 0.29) is 12.6 Å². The summed E-state index contributed by atoms with van der Waals surface area (Å²) >= 11 is 0. The van der Waals surface area contributed by atoms with E-state index in [4.69, 9.17) is 16.6 Å². The normalized spacial score (nSPS) is 16.4. The number of nitrogens with two attached hydrogens (primary N) is 2. The lowest BCUT2D eigenvalue weighted by Gasteiger charge is -2.16. The molecule has 0 aromatic carbocycles. The minimum absolute atomic E-state index is 0.221. The molecule has 0 aliphatic heterocycles. The van der Waals surface area contributed by atoms with Crippen molar-refractivity contribution in [2.45, 2.75) is 32.2 Å². The van der Waals surface area contributed by atoms with E-state index >= 15 is 0 Å². The van der Waals surface area contributed by atoms with Gasteiger partial charge in [-0.25, -0.2) is 0 Å². The van der Waals surface area contributed by atoms with Crippen LogP contribution in [0.3, 0.4) is 0 Å². The van der Waals surface area contributed by atoms with Gasteiger partial charge in [-0.1, -0.05) is 6.92 Å². The summed E-state index contributed by atoms with van der Waals surface area (Å²) in [6, 6.07) is 0.245. The Morgan fingerprint density at radius 1 is 1.45 bits per heavy atom. The summed E-state index contributed by atoms with van der Waals surface area (Å²) in [4.78, 5) is 0. The molecule has 0 saturated carbocycles. The molecule has 0 aliphatic rings. The van der Waals surface area contributed by atoms with Crippen LogP contribution < -0.4 is 11.5 Å². The highest BCUT2D eigenvalue weighted by atomic mass is 16.3. The van der Waals surface area contributed by atoms with Crippen molar-refractivity contribution >= 4 is 0 Å². The largest absolute Gasteiger partial charge is 0.396 e. The standard InChI is InChI=1S/C8H20N2O/c1-2-8(10)5-7(6-9)3-4-11/h7-8,11H,2-6,9-10H2,1H3. The molecular formula is C8H20N2O. The lowest BCUT2D eigenvalue weighted by Crippen LogP contribution is -2.27. The second-order valence-corrected chi connectivity index (χ2v) is 3.02. The van der Waals surface area contributed by atoms with Gasteiger partial charge in [0.1, 0.15) is 0 Å². The average molecular weight is 160 g/mol. The topological polar surface area (TPSA) is 72.3 Å². The maximum Gasteiger partial charge on any atom is 0.0434 e. The quantitative estimate of drug-likeness (QED) is 0.515. The van der Waals surface area contributed by atoms with Gasteiger partial charge >= 0.3 is 0 Å². The molecule has 68 valence electrons. The van der Waals surface area contributed by atoms with E-state index in [9.17, 15) is 0 Å². The molecule has 11 heavy (non-hydrogen) atoms. The first-order chi connectivity index (χ1) is 5.24. The van der Waals surface area contributed by atoms with Crippen LogP contribution in [0.1, 0.15) is 26.2 Å². The van der Waals surface area contributed by atoms with Crippen LogP contribution in [0, 0.1) is 5.92 Å². The zero-order chi connectivity index (χ0) is 8.69. The van der Waals surface area contributed by atoms with Gasteiger partial charge in [0, 0.05) is 12.6 Å². The van der Waals surface area contributed by atoms with E-state index in [1.165, 1.54) is 0 Å². The van der Waals surface area contributed by atoms with Crippen molar-refractivity contribution in [3.63, 3.8) is 0 Å². The molecule has 0 saturated heterocycles. The highest BCUT2D eigenvalue weighted by molar-refractivity contribution is 4.67. The van der Waals surface area contributed by atoms with Crippen LogP contribution in [-0.4, -0.2) is 24.3 Å². The van der Waals surface area contributed by atoms with Gasteiger partial charge < -0.3 is 16.6 Å². The molecule has 0 heterocycles. The van der Waals surface area contributed by atoms with Crippen LogP contribution in [0.15, 0.2) is 0 Å². The fourth-order valence-corrected chi connectivity index (χ4v) is 1.11. The van der Waals surface area contributed by atoms with Crippen molar-refractivity contribution in [3.05, 3.63) is 0 Å². The maximum absolute atomic E-state index is 8.66. The fourth-order valence-electron chi connectivity index (χ4n) is 1.11. The molecule has 0 aliphatic carbocycles. The summed E-state index contributed by atoms with van der Waals surface area (Å²) in [5.74, 6) is 0.398. The van der Waals surface area contributed by atoms with E-state index in [0.717, 1.165) is 19.3 Å². The Morgan fingerprint density at radius 3 is 2.45 bits per heavy atom. The number of aliphatic hydroxyl groups is 1. The van der Waals surface area contributed by atoms with Gasteiger partial charge in [0.25, 0.3) is 0 Å². The molecular weight excluding hydrogens is 140 g/mol. The van der Waals surface area contributed by atoms with Crippen LogP contribution in [-0.2, 0) is 0 Å². The van der Waals surface area contributed by atoms with Crippen molar-refractivity contribution in [3.8, 4) is 0 Å². The van der Waals surface area contributed by atoms with Gasteiger partial charge in [0.15, 0.2) is 0 Å². The SMILES string of the molecule is CCC(N)CC(CN)CCO. The number of aliphatic hydroxyl groups excluding tert-OH is 1. The van der Waals surface area contributed by atoms with E-state index < -0.39 is 0 Å². The first kappa shape index (κ1) is 10.9. The summed E-state index contributed by atoms with van der Waals surface area (Å²) < 4.78 is 0. The predicted molar refractivity (Wildman–Crippen MR) is 47.1 cm³/mol. The Labute approximate surface area is 68.8 Å². The van der Waals surface area contributed by atoms with Gasteiger partial charge in [0.2, 0.25) is 0 Å². The third kappa shape index (κ3) is 5.18. The predicted octanol–water partition coefficient (Wildman–Crippen LogP) is 0.0711. The third-order valence-corrected chi connectivity index (χ3v) is 2.03. The molecule has 0 radical (unpaired) electrons. The number of hydrogen-bond donors (Lipinski definition) is 3. The molecule has 0 aromatic rings. The van der Waals surface area contributed by atoms with Crippen molar-refractivity contribution in [2.24, 2.45) is 17.4 Å². The second-order valence-electron chi connectivity index (χ2n) is 3.02. The molecule has 0 bridgehead atoms. The molecule has 0 spiro atoms. The fraction of sp³-hybridized carbons (Fsp3) is 1.00. The van der Waals surface area contributed by atoms with Gasteiger partial charge in [-0.05, 0) is 31.7 Å².